The summed E-state index contributed by atoms with van der Waals surface area (Å²) in [4.78, 5) is 0. The fourth-order valence-electron chi connectivity index (χ4n) is 3.05. The molecule has 0 radical (unpaired) electrons. The first kappa shape index (κ1) is 16.0. The van der Waals surface area contributed by atoms with Gasteiger partial charge in [0, 0.05) is 12.5 Å². The van der Waals surface area contributed by atoms with Gasteiger partial charge in [0.1, 0.15) is 19.4 Å². The average molecular weight is 346 g/mol. The second-order valence-electron chi connectivity index (χ2n) is 5.72. The van der Waals surface area contributed by atoms with Crippen molar-refractivity contribution in [1.29, 1.82) is 0 Å². The molecule has 0 bridgehead atoms. The average Bonchev–Trinajstić information content (AvgIpc) is 2.44. The standard InChI is InChI=1S/C16H15BO4S2/c1-22(18,19)17(23(2,20)21)16-14-9-5-3-7-12(14)11-13-8-4-6-10-15(13)16/h3-11H,1-2H3. The zero-order valence-electron chi connectivity index (χ0n) is 12.7. The molecule has 0 unspecified atom stereocenters. The molecule has 0 spiro atoms. The molecule has 0 saturated carbocycles. The van der Waals surface area contributed by atoms with E-state index in [1.165, 1.54) is 0 Å². The molecule has 0 saturated heterocycles. The van der Waals surface area contributed by atoms with Gasteiger partial charge in [-0.3, -0.25) is 0 Å². The molecule has 0 fully saturated rings. The molecular weight excluding hydrogens is 331 g/mol. The second-order valence-corrected chi connectivity index (χ2v) is 10.3. The summed E-state index contributed by atoms with van der Waals surface area (Å²) in [5, 5.41) is 1.35. The smallest absolute Gasteiger partial charge is 0.239 e. The lowest BCUT2D eigenvalue weighted by atomic mass is 9.82. The van der Waals surface area contributed by atoms with Gasteiger partial charge >= 0.3 is 5.27 Å². The fourth-order valence-corrected chi connectivity index (χ4v) is 6.95. The fraction of sp³-hybridized carbons (Fsp3) is 0.125. The summed E-state index contributed by atoms with van der Waals surface area (Å²) >= 11 is 0. The van der Waals surface area contributed by atoms with Gasteiger partial charge in [0.05, 0.1) is 0 Å². The molecule has 118 valence electrons. The molecule has 0 aliphatic rings. The van der Waals surface area contributed by atoms with Gasteiger partial charge in [-0.05, 0) is 33.1 Å². The molecule has 23 heavy (non-hydrogen) atoms. The summed E-state index contributed by atoms with van der Waals surface area (Å²) in [7, 11) is -7.69. The van der Waals surface area contributed by atoms with Gasteiger partial charge in [-0.25, -0.2) is 16.8 Å². The van der Waals surface area contributed by atoms with Crippen LogP contribution in [0.1, 0.15) is 0 Å². The van der Waals surface area contributed by atoms with Crippen LogP contribution in [-0.2, 0) is 19.4 Å². The second kappa shape index (κ2) is 5.35. The normalized spacial score (nSPS) is 12.6. The highest BCUT2D eigenvalue weighted by Crippen LogP contribution is 2.23. The molecule has 3 rings (SSSR count). The molecule has 0 N–H and O–H groups in total. The van der Waals surface area contributed by atoms with Crippen LogP contribution in [0.5, 0.6) is 0 Å². The predicted octanol–water partition coefficient (Wildman–Crippen LogP) is 1.78. The van der Waals surface area contributed by atoms with E-state index in [9.17, 15) is 16.8 Å². The molecule has 0 atom stereocenters. The molecule has 0 aliphatic heterocycles. The third-order valence-electron chi connectivity index (χ3n) is 3.83. The molecule has 7 heteroatoms. The summed E-state index contributed by atoms with van der Waals surface area (Å²) in [5.74, 6) is 0. The third kappa shape index (κ3) is 2.86. The molecule has 0 amide bonds. The minimum atomic E-state index is -3.85. The summed E-state index contributed by atoms with van der Waals surface area (Å²) in [6, 6.07) is 16.4. The molecule has 3 aromatic rings. The van der Waals surface area contributed by atoms with Crippen LogP contribution in [0.4, 0.5) is 0 Å². The van der Waals surface area contributed by atoms with Gasteiger partial charge in [-0.2, -0.15) is 0 Å². The van der Waals surface area contributed by atoms with Crippen molar-refractivity contribution < 1.29 is 16.8 Å². The van der Waals surface area contributed by atoms with Crippen molar-refractivity contribution in [2.45, 2.75) is 0 Å². The van der Waals surface area contributed by atoms with E-state index in [1.807, 2.05) is 30.3 Å². The van der Waals surface area contributed by atoms with E-state index in [-0.39, 0.29) is 0 Å². The molecule has 0 aromatic heterocycles. The predicted molar refractivity (Wildman–Crippen MR) is 96.5 cm³/mol. The summed E-state index contributed by atoms with van der Waals surface area (Å²) in [5.41, 5.74) is 0.337. The monoisotopic (exact) mass is 346 g/mol. The van der Waals surface area contributed by atoms with E-state index in [0.717, 1.165) is 23.3 Å². The van der Waals surface area contributed by atoms with Crippen molar-refractivity contribution in [2.75, 3.05) is 12.5 Å². The Morgan fingerprint density at radius 1 is 0.696 bits per heavy atom. The van der Waals surface area contributed by atoms with Crippen LogP contribution in [-0.4, -0.2) is 34.6 Å². The lowest BCUT2D eigenvalue weighted by Crippen LogP contribution is -2.46. The Morgan fingerprint density at radius 3 is 1.48 bits per heavy atom. The number of hydrogen-bond donors (Lipinski definition) is 0. The van der Waals surface area contributed by atoms with Gasteiger partial charge in [0.15, 0.2) is 0 Å². The van der Waals surface area contributed by atoms with Crippen LogP contribution < -0.4 is 5.46 Å². The van der Waals surface area contributed by atoms with Crippen molar-refractivity contribution in [3.8, 4) is 0 Å². The number of hydrogen-bond acceptors (Lipinski definition) is 4. The van der Waals surface area contributed by atoms with Gasteiger partial charge in [0.2, 0.25) is 0 Å². The maximum Gasteiger partial charge on any atom is 0.463 e. The molecule has 4 nitrogen and oxygen atoms in total. The van der Waals surface area contributed by atoms with E-state index in [0.29, 0.717) is 16.2 Å². The summed E-state index contributed by atoms with van der Waals surface area (Å²) < 4.78 is 49.1. The number of benzene rings is 3. The Kier molecular flexibility index (Phi) is 3.73. The Bertz CT molecular complexity index is 1030. The summed E-state index contributed by atoms with van der Waals surface area (Å²) in [6.07, 6.45) is 1.94. The maximum atomic E-state index is 12.3. The van der Waals surface area contributed by atoms with Crippen molar-refractivity contribution in [2.24, 2.45) is 0 Å². The lowest BCUT2D eigenvalue weighted by Gasteiger charge is -2.16. The SMILES string of the molecule is CS(=O)(=O)B(c1c2ccccc2cc2ccccc12)S(C)(=O)=O. The maximum absolute atomic E-state index is 12.3. The highest BCUT2D eigenvalue weighted by Gasteiger charge is 2.42. The van der Waals surface area contributed by atoms with Crippen molar-refractivity contribution in [1.82, 2.24) is 0 Å². The van der Waals surface area contributed by atoms with Gasteiger partial charge in [-0.1, -0.05) is 48.5 Å². The zero-order valence-corrected chi connectivity index (χ0v) is 14.4. The van der Waals surface area contributed by atoms with Crippen LogP contribution in [0.3, 0.4) is 0 Å². The minimum Gasteiger partial charge on any atom is -0.239 e. The van der Waals surface area contributed by atoms with Crippen molar-refractivity contribution in [3.63, 3.8) is 0 Å². The number of rotatable bonds is 3. The van der Waals surface area contributed by atoms with Crippen molar-refractivity contribution >= 4 is 51.7 Å². The Hall–Kier alpha value is -1.86. The number of fused-ring (bicyclic) bond motifs is 2. The first-order chi connectivity index (χ1) is 10.7. The van der Waals surface area contributed by atoms with Crippen LogP contribution >= 0.6 is 0 Å². The molecule has 0 heterocycles. The van der Waals surface area contributed by atoms with Crippen LogP contribution in [0.25, 0.3) is 21.5 Å². The van der Waals surface area contributed by atoms with Crippen LogP contribution in [0.15, 0.2) is 54.6 Å². The Labute approximate surface area is 135 Å². The largest absolute Gasteiger partial charge is 0.463 e. The quantitative estimate of drug-likeness (QED) is 0.536. The first-order valence-electron chi connectivity index (χ1n) is 6.98. The highest BCUT2D eigenvalue weighted by atomic mass is 32.3. The zero-order chi connectivity index (χ0) is 16.8. The Balaban J connectivity index is 2.60. The topological polar surface area (TPSA) is 68.3 Å². The molecular formula is C16H15BO4S2. The highest BCUT2D eigenvalue weighted by molar-refractivity contribution is 8.48. The minimum absolute atomic E-state index is 0.337. The van der Waals surface area contributed by atoms with E-state index >= 15 is 0 Å². The van der Waals surface area contributed by atoms with E-state index in [1.54, 1.807) is 24.3 Å². The molecule has 3 aromatic carbocycles. The van der Waals surface area contributed by atoms with E-state index in [2.05, 4.69) is 0 Å². The van der Waals surface area contributed by atoms with Crippen LogP contribution in [0.2, 0.25) is 0 Å². The van der Waals surface area contributed by atoms with Gasteiger partial charge in [0.25, 0.3) is 0 Å². The third-order valence-corrected chi connectivity index (χ3v) is 7.95. The van der Waals surface area contributed by atoms with Gasteiger partial charge < -0.3 is 0 Å². The van der Waals surface area contributed by atoms with Gasteiger partial charge in [-0.15, -0.1) is 0 Å². The lowest BCUT2D eigenvalue weighted by molar-refractivity contribution is 0.610. The van der Waals surface area contributed by atoms with Crippen molar-refractivity contribution in [3.05, 3.63) is 54.6 Å². The van der Waals surface area contributed by atoms with E-state index < -0.39 is 24.6 Å². The Morgan fingerprint density at radius 2 is 1.09 bits per heavy atom. The van der Waals surface area contributed by atoms with Crippen LogP contribution in [0, 0.1) is 0 Å². The summed E-state index contributed by atoms with van der Waals surface area (Å²) in [6.45, 7) is 0. The molecule has 0 aliphatic carbocycles. The first-order valence-corrected chi connectivity index (χ1v) is 10.9. The van der Waals surface area contributed by atoms with E-state index in [4.69, 9.17) is 0 Å².